The number of hydrogen-bond acceptors (Lipinski definition) is 1. The maximum Gasteiger partial charge on any atom is 0.0991 e. The first-order valence-electron chi connectivity index (χ1n) is 16.2. The molecule has 0 saturated heterocycles. The van der Waals surface area contributed by atoms with Gasteiger partial charge in [-0.3, -0.25) is 0 Å². The van der Waals surface area contributed by atoms with Crippen LogP contribution in [0.15, 0.2) is 152 Å². The van der Waals surface area contributed by atoms with E-state index < -0.39 is 0 Å². The van der Waals surface area contributed by atoms with Crippen LogP contribution in [0.25, 0.3) is 76.8 Å². The molecule has 0 fully saturated rings. The smallest absolute Gasteiger partial charge is 0.0991 e. The molecule has 0 spiro atoms. The largest absolute Gasteiger partial charge is 0.192 e. The molecule has 8 aromatic carbocycles. The van der Waals surface area contributed by atoms with Gasteiger partial charge >= 0.3 is 0 Å². The summed E-state index contributed by atoms with van der Waals surface area (Å²) in [7, 11) is 0. The van der Waals surface area contributed by atoms with E-state index >= 15 is 0 Å². The Morgan fingerprint density at radius 2 is 1.00 bits per heavy atom. The first-order chi connectivity index (χ1) is 23.0. The molecule has 0 N–H and O–H groups in total. The first kappa shape index (κ1) is 27.3. The highest BCUT2D eigenvalue weighted by molar-refractivity contribution is 6.22. The standard InChI is InChI=1S/C46H31N/c1-46(2)42-14-8-7-11-36(42)37-23-22-35(27-43(37)46)45-39-13-6-5-12-38(39)44(31-17-15-29(28-47)16-18-31)40-24-21-34(26-41(40)45)33-20-19-30-9-3-4-10-32(30)25-33/h3-27H,1-2H3. The van der Waals surface area contributed by atoms with Crippen LogP contribution in [0, 0.1) is 11.3 Å². The zero-order chi connectivity index (χ0) is 31.7. The van der Waals surface area contributed by atoms with Crippen molar-refractivity contribution in [2.75, 3.05) is 0 Å². The lowest BCUT2D eigenvalue weighted by molar-refractivity contribution is 0.660. The second-order valence-electron chi connectivity index (χ2n) is 13.2. The number of rotatable bonds is 3. The predicted molar refractivity (Wildman–Crippen MR) is 198 cm³/mol. The van der Waals surface area contributed by atoms with Crippen LogP contribution in [0.1, 0.15) is 30.5 Å². The van der Waals surface area contributed by atoms with Gasteiger partial charge in [-0.1, -0.05) is 135 Å². The van der Waals surface area contributed by atoms with Crippen molar-refractivity contribution >= 4 is 32.3 Å². The molecule has 9 rings (SSSR count). The number of hydrogen-bond donors (Lipinski definition) is 0. The average Bonchev–Trinajstić information content (AvgIpc) is 3.35. The Kier molecular flexibility index (Phi) is 5.98. The molecule has 0 unspecified atom stereocenters. The molecule has 1 heteroatoms. The molecule has 0 aliphatic heterocycles. The third-order valence-electron chi connectivity index (χ3n) is 10.3. The fraction of sp³-hybridized carbons (Fsp3) is 0.0652. The molecule has 220 valence electrons. The number of nitriles is 1. The minimum atomic E-state index is -0.0910. The predicted octanol–water partition coefficient (Wildman–Crippen LogP) is 12.3. The van der Waals surface area contributed by atoms with E-state index in [4.69, 9.17) is 0 Å². The Morgan fingerprint density at radius 1 is 0.426 bits per heavy atom. The second-order valence-corrected chi connectivity index (χ2v) is 13.2. The lowest BCUT2D eigenvalue weighted by atomic mass is 9.80. The third kappa shape index (κ3) is 4.16. The lowest BCUT2D eigenvalue weighted by Gasteiger charge is -2.23. The molecule has 0 atom stereocenters. The first-order valence-corrected chi connectivity index (χ1v) is 16.2. The van der Waals surface area contributed by atoms with E-state index in [-0.39, 0.29) is 5.41 Å². The molecular formula is C46H31N. The molecule has 0 saturated carbocycles. The summed E-state index contributed by atoms with van der Waals surface area (Å²) in [5, 5.41) is 16.9. The molecule has 8 aromatic rings. The molecule has 0 aromatic heterocycles. The minimum Gasteiger partial charge on any atom is -0.192 e. The van der Waals surface area contributed by atoms with E-state index in [1.54, 1.807) is 0 Å². The van der Waals surface area contributed by atoms with E-state index in [0.717, 1.165) is 5.56 Å². The molecule has 0 heterocycles. The molecule has 0 bridgehead atoms. The van der Waals surface area contributed by atoms with E-state index in [0.29, 0.717) is 5.56 Å². The molecule has 47 heavy (non-hydrogen) atoms. The summed E-state index contributed by atoms with van der Waals surface area (Å²) >= 11 is 0. The normalized spacial score (nSPS) is 13.0. The van der Waals surface area contributed by atoms with Gasteiger partial charge < -0.3 is 0 Å². The zero-order valence-corrected chi connectivity index (χ0v) is 26.4. The molecular weight excluding hydrogens is 567 g/mol. The number of nitrogens with zero attached hydrogens (tertiary/aromatic N) is 1. The Morgan fingerprint density at radius 3 is 1.79 bits per heavy atom. The van der Waals surface area contributed by atoms with Gasteiger partial charge in [0.1, 0.15) is 0 Å². The van der Waals surface area contributed by atoms with Crippen LogP contribution in [0.4, 0.5) is 0 Å². The fourth-order valence-electron chi connectivity index (χ4n) is 7.92. The van der Waals surface area contributed by atoms with Gasteiger partial charge in [0.05, 0.1) is 11.6 Å². The van der Waals surface area contributed by atoms with Gasteiger partial charge in [-0.25, -0.2) is 0 Å². The third-order valence-corrected chi connectivity index (χ3v) is 10.3. The summed E-state index contributed by atoms with van der Waals surface area (Å²) < 4.78 is 0. The van der Waals surface area contributed by atoms with Gasteiger partial charge in [0.2, 0.25) is 0 Å². The van der Waals surface area contributed by atoms with Gasteiger partial charge in [-0.15, -0.1) is 0 Å². The van der Waals surface area contributed by atoms with Crippen molar-refractivity contribution in [2.45, 2.75) is 19.3 Å². The quantitative estimate of drug-likeness (QED) is 0.186. The summed E-state index contributed by atoms with van der Waals surface area (Å²) in [6.45, 7) is 4.70. The summed E-state index contributed by atoms with van der Waals surface area (Å²) in [5.74, 6) is 0. The molecule has 1 aliphatic carbocycles. The SMILES string of the molecule is CC1(C)c2ccccc2-c2ccc(-c3c4ccccc4c(-c4ccc(C#N)cc4)c4ccc(-c5ccc6ccccc6c5)cc34)cc21. The van der Waals surface area contributed by atoms with Gasteiger partial charge in [0, 0.05) is 5.41 Å². The lowest BCUT2D eigenvalue weighted by Crippen LogP contribution is -2.14. The monoisotopic (exact) mass is 597 g/mol. The van der Waals surface area contributed by atoms with Crippen molar-refractivity contribution in [1.82, 2.24) is 0 Å². The van der Waals surface area contributed by atoms with E-state index in [1.165, 1.54) is 82.4 Å². The Balaban J connectivity index is 1.36. The minimum absolute atomic E-state index is 0.0910. The van der Waals surface area contributed by atoms with E-state index in [2.05, 4.69) is 159 Å². The maximum atomic E-state index is 9.52. The van der Waals surface area contributed by atoms with Crippen LogP contribution in [-0.4, -0.2) is 0 Å². The van der Waals surface area contributed by atoms with Crippen LogP contribution >= 0.6 is 0 Å². The Bertz CT molecular complexity index is 2600. The van der Waals surface area contributed by atoms with Crippen LogP contribution < -0.4 is 0 Å². The van der Waals surface area contributed by atoms with Crippen molar-refractivity contribution in [1.29, 1.82) is 5.26 Å². The van der Waals surface area contributed by atoms with E-state index in [9.17, 15) is 5.26 Å². The number of fused-ring (bicyclic) bond motifs is 6. The molecule has 1 aliphatic rings. The van der Waals surface area contributed by atoms with Crippen molar-refractivity contribution in [3.05, 3.63) is 168 Å². The van der Waals surface area contributed by atoms with Gasteiger partial charge in [-0.05, 0) is 118 Å². The van der Waals surface area contributed by atoms with Crippen LogP contribution in [0.3, 0.4) is 0 Å². The fourth-order valence-corrected chi connectivity index (χ4v) is 7.92. The summed E-state index contributed by atoms with van der Waals surface area (Å²) in [5.41, 5.74) is 13.2. The highest BCUT2D eigenvalue weighted by atomic mass is 14.4. The second kappa shape index (κ2) is 10.3. The van der Waals surface area contributed by atoms with Crippen LogP contribution in [0.2, 0.25) is 0 Å². The maximum absolute atomic E-state index is 9.52. The highest BCUT2D eigenvalue weighted by Gasteiger charge is 2.35. The summed E-state index contributed by atoms with van der Waals surface area (Å²) in [6.07, 6.45) is 0. The van der Waals surface area contributed by atoms with Crippen LogP contribution in [-0.2, 0) is 5.41 Å². The molecule has 0 amide bonds. The highest BCUT2D eigenvalue weighted by Crippen LogP contribution is 2.51. The van der Waals surface area contributed by atoms with Crippen molar-refractivity contribution in [3.8, 4) is 50.6 Å². The molecule has 1 nitrogen and oxygen atoms in total. The summed E-state index contributed by atoms with van der Waals surface area (Å²) in [4.78, 5) is 0. The van der Waals surface area contributed by atoms with Crippen molar-refractivity contribution < 1.29 is 0 Å². The van der Waals surface area contributed by atoms with Crippen molar-refractivity contribution in [2.24, 2.45) is 0 Å². The van der Waals surface area contributed by atoms with Gasteiger partial charge in [0.15, 0.2) is 0 Å². The van der Waals surface area contributed by atoms with Gasteiger partial charge in [0.25, 0.3) is 0 Å². The summed E-state index contributed by atoms with van der Waals surface area (Å²) in [6, 6.07) is 57.3. The van der Waals surface area contributed by atoms with Crippen molar-refractivity contribution in [3.63, 3.8) is 0 Å². The van der Waals surface area contributed by atoms with Gasteiger partial charge in [-0.2, -0.15) is 5.26 Å². The average molecular weight is 598 g/mol. The Labute approximate surface area is 275 Å². The van der Waals surface area contributed by atoms with E-state index in [1.807, 2.05) is 12.1 Å². The zero-order valence-electron chi connectivity index (χ0n) is 26.4. The van der Waals surface area contributed by atoms with Crippen LogP contribution in [0.5, 0.6) is 0 Å². The number of benzene rings is 8. The topological polar surface area (TPSA) is 23.8 Å². The Hall–Kier alpha value is -5.97. The molecule has 0 radical (unpaired) electrons.